The van der Waals surface area contributed by atoms with E-state index < -0.39 is 10.0 Å². The lowest BCUT2D eigenvalue weighted by molar-refractivity contribution is 0.204. The van der Waals surface area contributed by atoms with E-state index in [9.17, 15) is 8.42 Å². The number of nitrogens with zero attached hydrogens (tertiary/aromatic N) is 2. The number of piperazine rings is 1. The molecule has 1 aliphatic rings. The van der Waals surface area contributed by atoms with Gasteiger partial charge in [-0.2, -0.15) is 4.31 Å². The van der Waals surface area contributed by atoms with Gasteiger partial charge in [0.05, 0.1) is 12.0 Å². The number of methoxy groups -OCH3 is 1. The molecule has 1 aliphatic heterocycles. The van der Waals surface area contributed by atoms with Crippen LogP contribution in [0.2, 0.25) is 0 Å². The highest BCUT2D eigenvalue weighted by Gasteiger charge is 2.30. The van der Waals surface area contributed by atoms with E-state index in [2.05, 4.69) is 29.2 Å². The van der Waals surface area contributed by atoms with Gasteiger partial charge in [-0.05, 0) is 41.7 Å². The Balaban J connectivity index is 1.67. The summed E-state index contributed by atoms with van der Waals surface area (Å²) >= 11 is 0. The third-order valence-corrected chi connectivity index (χ3v) is 7.61. The molecule has 0 N–H and O–H groups in total. The van der Waals surface area contributed by atoms with Gasteiger partial charge < -0.3 is 4.74 Å². The number of ether oxygens (including phenoxy) is 1. The lowest BCUT2D eigenvalue weighted by Crippen LogP contribution is -2.48. The van der Waals surface area contributed by atoms with E-state index in [-0.39, 0.29) is 5.92 Å². The predicted octanol–water partition coefficient (Wildman–Crippen LogP) is 4.15. The Kier molecular flexibility index (Phi) is 7.34. The highest BCUT2D eigenvalue weighted by molar-refractivity contribution is 7.89. The predicted molar refractivity (Wildman–Crippen MR) is 122 cm³/mol. The van der Waals surface area contributed by atoms with Crippen molar-refractivity contribution in [2.45, 2.75) is 31.6 Å². The van der Waals surface area contributed by atoms with Gasteiger partial charge in [-0.3, -0.25) is 4.90 Å². The van der Waals surface area contributed by atoms with Crippen LogP contribution in [-0.4, -0.2) is 57.5 Å². The normalized spacial score (nSPS) is 16.4. The second-order valence-corrected chi connectivity index (χ2v) is 9.94. The minimum absolute atomic E-state index is 0.183. The molecule has 1 fully saturated rings. The van der Waals surface area contributed by atoms with Crippen molar-refractivity contribution < 1.29 is 13.2 Å². The number of rotatable bonds is 7. The van der Waals surface area contributed by atoms with E-state index in [1.54, 1.807) is 17.5 Å². The Morgan fingerprint density at radius 2 is 1.73 bits per heavy atom. The zero-order chi connectivity index (χ0) is 21.7. The first-order valence-electron chi connectivity index (χ1n) is 10.5. The number of hydrogen-bond acceptors (Lipinski definition) is 4. The molecule has 2 aromatic rings. The van der Waals surface area contributed by atoms with Crippen molar-refractivity contribution in [1.82, 2.24) is 9.21 Å². The summed E-state index contributed by atoms with van der Waals surface area (Å²) in [6.07, 6.45) is 4.25. The van der Waals surface area contributed by atoms with E-state index in [0.29, 0.717) is 18.0 Å². The fourth-order valence-electron chi connectivity index (χ4n) is 3.78. The van der Waals surface area contributed by atoms with E-state index in [1.165, 1.54) is 5.56 Å². The summed E-state index contributed by atoms with van der Waals surface area (Å²) in [6.45, 7) is 9.21. The molecule has 1 heterocycles. The Morgan fingerprint density at radius 1 is 1.07 bits per heavy atom. The fourth-order valence-corrected chi connectivity index (χ4v) is 5.44. The van der Waals surface area contributed by atoms with Crippen molar-refractivity contribution in [2.75, 3.05) is 39.8 Å². The molecule has 162 valence electrons. The third-order valence-electron chi connectivity index (χ3n) is 5.57. The monoisotopic (exact) mass is 428 g/mol. The maximum atomic E-state index is 13.3. The van der Waals surface area contributed by atoms with Crippen molar-refractivity contribution in [2.24, 2.45) is 0 Å². The van der Waals surface area contributed by atoms with Gasteiger partial charge in [0, 0.05) is 32.7 Å². The molecule has 0 saturated carbocycles. The maximum Gasteiger partial charge on any atom is 0.243 e. The first kappa shape index (κ1) is 22.5. The molecule has 0 radical (unpaired) electrons. The van der Waals surface area contributed by atoms with Gasteiger partial charge in [0.1, 0.15) is 5.75 Å². The summed E-state index contributed by atoms with van der Waals surface area (Å²) in [5.41, 5.74) is 2.82. The molecule has 0 atom stereocenters. The van der Waals surface area contributed by atoms with Crippen LogP contribution >= 0.6 is 0 Å². The molecule has 2 aromatic carbocycles. The smallest absolute Gasteiger partial charge is 0.243 e. The topological polar surface area (TPSA) is 49.9 Å². The molecule has 0 bridgehead atoms. The number of sulfonamides is 1. The maximum absolute atomic E-state index is 13.3. The minimum Gasteiger partial charge on any atom is -0.496 e. The van der Waals surface area contributed by atoms with Gasteiger partial charge in [-0.1, -0.05) is 56.3 Å². The molecule has 1 saturated heterocycles. The molecule has 3 rings (SSSR count). The third kappa shape index (κ3) is 5.12. The zero-order valence-electron chi connectivity index (χ0n) is 18.3. The summed E-state index contributed by atoms with van der Waals surface area (Å²) < 4.78 is 33.8. The van der Waals surface area contributed by atoms with Crippen molar-refractivity contribution in [3.8, 4) is 5.75 Å². The van der Waals surface area contributed by atoms with E-state index >= 15 is 0 Å². The van der Waals surface area contributed by atoms with Crippen LogP contribution in [0.15, 0.2) is 53.4 Å². The van der Waals surface area contributed by atoms with Gasteiger partial charge >= 0.3 is 0 Å². The zero-order valence-corrected chi connectivity index (χ0v) is 19.2. The highest BCUT2D eigenvalue weighted by atomic mass is 32.2. The van der Waals surface area contributed by atoms with Crippen LogP contribution < -0.4 is 4.74 Å². The van der Waals surface area contributed by atoms with E-state index in [1.807, 2.05) is 45.0 Å². The van der Waals surface area contributed by atoms with Crippen LogP contribution in [0.4, 0.5) is 0 Å². The number of aryl methyl sites for hydroxylation is 1. The van der Waals surface area contributed by atoms with Crippen LogP contribution in [-0.2, 0) is 10.0 Å². The van der Waals surface area contributed by atoms with Crippen LogP contribution in [0, 0.1) is 6.92 Å². The standard InChI is InChI=1S/C24H32N2O3S/c1-19(2)22-18-24(20(3)17-23(22)29-4)30(27,28)26-15-13-25(14-16-26)12-8-11-21-9-6-5-7-10-21/h5-11,17-19H,12-16H2,1-4H3/b11-8+. The van der Waals surface area contributed by atoms with Gasteiger partial charge in [-0.25, -0.2) is 8.42 Å². The van der Waals surface area contributed by atoms with Crippen LogP contribution in [0.3, 0.4) is 0 Å². The first-order valence-corrected chi connectivity index (χ1v) is 11.9. The van der Waals surface area contributed by atoms with Crippen LogP contribution in [0.25, 0.3) is 6.08 Å². The summed E-state index contributed by atoms with van der Waals surface area (Å²) in [4.78, 5) is 2.68. The Labute approximate surface area is 181 Å². The average molecular weight is 429 g/mol. The van der Waals surface area contributed by atoms with Crippen molar-refractivity contribution in [3.63, 3.8) is 0 Å². The van der Waals surface area contributed by atoms with E-state index in [0.717, 1.165) is 36.5 Å². The molecular formula is C24H32N2O3S. The Morgan fingerprint density at radius 3 is 2.33 bits per heavy atom. The molecule has 5 nitrogen and oxygen atoms in total. The summed E-state index contributed by atoms with van der Waals surface area (Å²) in [5.74, 6) is 0.930. The summed E-state index contributed by atoms with van der Waals surface area (Å²) in [6, 6.07) is 13.8. The van der Waals surface area contributed by atoms with E-state index in [4.69, 9.17) is 4.74 Å². The van der Waals surface area contributed by atoms with Crippen molar-refractivity contribution in [3.05, 3.63) is 65.2 Å². The largest absolute Gasteiger partial charge is 0.496 e. The van der Waals surface area contributed by atoms with Gasteiger partial charge in [0.15, 0.2) is 0 Å². The Bertz CT molecular complexity index is 977. The average Bonchev–Trinajstić information content (AvgIpc) is 2.74. The van der Waals surface area contributed by atoms with Gasteiger partial charge in [0.2, 0.25) is 10.0 Å². The number of benzene rings is 2. The number of hydrogen-bond donors (Lipinski definition) is 0. The van der Waals surface area contributed by atoms with Gasteiger partial charge in [0.25, 0.3) is 0 Å². The highest BCUT2D eigenvalue weighted by Crippen LogP contribution is 2.33. The molecule has 0 aromatic heterocycles. The molecule has 6 heteroatoms. The fraction of sp³-hybridized carbons (Fsp3) is 0.417. The molecule has 0 spiro atoms. The van der Waals surface area contributed by atoms with Crippen LogP contribution in [0.5, 0.6) is 5.75 Å². The lowest BCUT2D eigenvalue weighted by atomic mass is 10.0. The molecule has 0 aliphatic carbocycles. The first-order chi connectivity index (χ1) is 14.3. The quantitative estimate of drug-likeness (QED) is 0.665. The summed E-state index contributed by atoms with van der Waals surface area (Å²) in [5, 5.41) is 0. The SMILES string of the molecule is COc1cc(C)c(S(=O)(=O)N2CCN(C/C=C/c3ccccc3)CC2)cc1C(C)C. The Hall–Kier alpha value is -2.15. The van der Waals surface area contributed by atoms with Crippen LogP contribution in [0.1, 0.15) is 36.5 Å². The minimum atomic E-state index is -3.53. The molecule has 0 unspecified atom stereocenters. The van der Waals surface area contributed by atoms with Crippen molar-refractivity contribution >= 4 is 16.1 Å². The molecular weight excluding hydrogens is 396 g/mol. The second kappa shape index (κ2) is 9.77. The van der Waals surface area contributed by atoms with Crippen molar-refractivity contribution in [1.29, 1.82) is 0 Å². The van der Waals surface area contributed by atoms with Gasteiger partial charge in [-0.15, -0.1) is 0 Å². The molecule has 0 amide bonds. The molecule has 30 heavy (non-hydrogen) atoms. The second-order valence-electron chi connectivity index (χ2n) is 8.03. The summed E-state index contributed by atoms with van der Waals surface area (Å²) in [7, 11) is -1.90. The lowest BCUT2D eigenvalue weighted by Gasteiger charge is -2.33.